The first-order valence-electron chi connectivity index (χ1n) is 7.16. The molecule has 0 N–H and O–H groups in total. The summed E-state index contributed by atoms with van der Waals surface area (Å²) in [7, 11) is 0. The van der Waals surface area contributed by atoms with E-state index in [1.54, 1.807) is 0 Å². The Balaban J connectivity index is 2.26. The molecule has 3 nitrogen and oxygen atoms in total. The van der Waals surface area contributed by atoms with Crippen LogP contribution in [-0.2, 0) is 5.41 Å². The van der Waals surface area contributed by atoms with E-state index in [0.29, 0.717) is 0 Å². The van der Waals surface area contributed by atoms with Crippen LogP contribution in [0, 0.1) is 5.92 Å². The minimum Gasteiger partial charge on any atom is -0.356 e. The Hall–Kier alpha value is -0.640. The molecule has 1 aromatic heterocycles. The molecule has 1 atom stereocenters. The second kappa shape index (κ2) is 5.78. The van der Waals surface area contributed by atoms with Crippen LogP contribution in [-0.4, -0.2) is 23.1 Å². The third-order valence-electron chi connectivity index (χ3n) is 3.69. The average molecular weight is 326 g/mol. The van der Waals surface area contributed by atoms with Gasteiger partial charge < -0.3 is 4.90 Å². The van der Waals surface area contributed by atoms with Crippen molar-refractivity contribution in [1.29, 1.82) is 0 Å². The van der Waals surface area contributed by atoms with E-state index in [9.17, 15) is 0 Å². The van der Waals surface area contributed by atoms with E-state index in [2.05, 4.69) is 53.5 Å². The molecule has 2 heterocycles. The van der Waals surface area contributed by atoms with Crippen molar-refractivity contribution >= 4 is 21.7 Å². The van der Waals surface area contributed by atoms with E-state index >= 15 is 0 Å². The Bertz CT molecular complexity index is 440. The van der Waals surface area contributed by atoms with Crippen molar-refractivity contribution in [3.8, 4) is 0 Å². The average Bonchev–Trinajstić information content (AvgIpc) is 2.52. The molecule has 19 heavy (non-hydrogen) atoms. The zero-order valence-corrected chi connectivity index (χ0v) is 14.0. The van der Waals surface area contributed by atoms with Crippen LogP contribution in [0.15, 0.2) is 10.7 Å². The smallest absolute Gasteiger partial charge is 0.137 e. The van der Waals surface area contributed by atoms with Crippen molar-refractivity contribution in [2.24, 2.45) is 5.92 Å². The summed E-state index contributed by atoms with van der Waals surface area (Å²) in [5.41, 5.74) is -0.0162. The van der Waals surface area contributed by atoms with Crippen LogP contribution in [0.4, 0.5) is 5.82 Å². The van der Waals surface area contributed by atoms with E-state index in [1.807, 2.05) is 6.07 Å². The van der Waals surface area contributed by atoms with Crippen LogP contribution in [0.5, 0.6) is 0 Å². The van der Waals surface area contributed by atoms with Crippen molar-refractivity contribution in [2.45, 2.75) is 52.4 Å². The predicted molar refractivity (Wildman–Crippen MR) is 83.7 cm³/mol. The Morgan fingerprint density at radius 3 is 2.63 bits per heavy atom. The van der Waals surface area contributed by atoms with Gasteiger partial charge in [0.1, 0.15) is 16.2 Å². The lowest BCUT2D eigenvalue weighted by molar-refractivity contribution is 0.520. The minimum atomic E-state index is -0.0162. The Kier molecular flexibility index (Phi) is 4.49. The zero-order chi connectivity index (χ0) is 14.0. The molecule has 1 aliphatic heterocycles. The van der Waals surface area contributed by atoms with E-state index in [-0.39, 0.29) is 5.41 Å². The SMILES string of the molecule is CC1CCCN(c2cc(Br)nc(C(C)(C)C)n2)CC1. The fourth-order valence-electron chi connectivity index (χ4n) is 2.40. The standard InChI is InChI=1S/C15H24BrN3/c1-11-6-5-8-19(9-7-11)13-10-12(16)17-14(18-13)15(2,3)4/h10-11H,5-9H2,1-4H3. The second-order valence-electron chi connectivity index (χ2n) is 6.65. The van der Waals surface area contributed by atoms with Gasteiger partial charge in [-0.3, -0.25) is 0 Å². The summed E-state index contributed by atoms with van der Waals surface area (Å²) >= 11 is 3.53. The van der Waals surface area contributed by atoms with Gasteiger partial charge in [0.15, 0.2) is 0 Å². The first-order valence-corrected chi connectivity index (χ1v) is 7.95. The van der Waals surface area contributed by atoms with Gasteiger partial charge in [-0.1, -0.05) is 27.7 Å². The number of nitrogens with zero attached hydrogens (tertiary/aromatic N) is 3. The minimum absolute atomic E-state index is 0.0162. The number of anilines is 1. The largest absolute Gasteiger partial charge is 0.356 e. The highest BCUT2D eigenvalue weighted by molar-refractivity contribution is 9.10. The Morgan fingerprint density at radius 2 is 1.95 bits per heavy atom. The predicted octanol–water partition coefficient (Wildman–Crippen LogP) is 4.16. The lowest BCUT2D eigenvalue weighted by Crippen LogP contribution is -2.27. The van der Waals surface area contributed by atoms with Crippen molar-refractivity contribution < 1.29 is 0 Å². The van der Waals surface area contributed by atoms with Gasteiger partial charge in [-0.2, -0.15) is 0 Å². The van der Waals surface area contributed by atoms with E-state index < -0.39 is 0 Å². The molecule has 0 aromatic carbocycles. The monoisotopic (exact) mass is 325 g/mol. The molecule has 106 valence electrons. The Morgan fingerprint density at radius 1 is 1.21 bits per heavy atom. The molecular weight excluding hydrogens is 302 g/mol. The summed E-state index contributed by atoms with van der Waals surface area (Å²) in [5, 5.41) is 0. The lowest BCUT2D eigenvalue weighted by Gasteiger charge is -2.24. The van der Waals surface area contributed by atoms with Gasteiger partial charge in [-0.25, -0.2) is 9.97 Å². The van der Waals surface area contributed by atoms with Gasteiger partial charge >= 0.3 is 0 Å². The molecule has 4 heteroatoms. The third-order valence-corrected chi connectivity index (χ3v) is 4.10. The second-order valence-corrected chi connectivity index (χ2v) is 7.46. The quantitative estimate of drug-likeness (QED) is 0.726. The van der Waals surface area contributed by atoms with E-state index in [4.69, 9.17) is 4.98 Å². The fraction of sp³-hybridized carbons (Fsp3) is 0.733. The van der Waals surface area contributed by atoms with Crippen molar-refractivity contribution in [2.75, 3.05) is 18.0 Å². The van der Waals surface area contributed by atoms with Gasteiger partial charge in [0.2, 0.25) is 0 Å². The zero-order valence-electron chi connectivity index (χ0n) is 12.4. The number of aromatic nitrogens is 2. The van der Waals surface area contributed by atoms with Crippen LogP contribution >= 0.6 is 15.9 Å². The van der Waals surface area contributed by atoms with Crippen molar-refractivity contribution in [3.05, 3.63) is 16.5 Å². The maximum Gasteiger partial charge on any atom is 0.137 e. The van der Waals surface area contributed by atoms with Gasteiger partial charge in [0.25, 0.3) is 0 Å². The molecule has 1 aliphatic rings. The van der Waals surface area contributed by atoms with Crippen LogP contribution in [0.2, 0.25) is 0 Å². The first-order chi connectivity index (χ1) is 8.86. The molecule has 0 saturated carbocycles. The lowest BCUT2D eigenvalue weighted by atomic mass is 9.96. The molecular formula is C15H24BrN3. The molecule has 0 amide bonds. The van der Waals surface area contributed by atoms with E-state index in [1.165, 1.54) is 19.3 Å². The highest BCUT2D eigenvalue weighted by Gasteiger charge is 2.21. The molecule has 0 aliphatic carbocycles. The summed E-state index contributed by atoms with van der Waals surface area (Å²) in [6.07, 6.45) is 3.84. The Labute approximate surface area is 125 Å². The summed E-state index contributed by atoms with van der Waals surface area (Å²) in [4.78, 5) is 11.7. The molecule has 2 rings (SSSR count). The molecule has 1 unspecified atom stereocenters. The maximum absolute atomic E-state index is 4.78. The number of rotatable bonds is 1. The highest BCUT2D eigenvalue weighted by Crippen LogP contribution is 2.26. The molecule has 0 bridgehead atoms. The van der Waals surface area contributed by atoms with Gasteiger partial charge in [0.05, 0.1) is 0 Å². The molecule has 1 fully saturated rings. The number of hydrogen-bond donors (Lipinski definition) is 0. The summed E-state index contributed by atoms with van der Waals surface area (Å²) in [6.45, 7) is 11.0. The van der Waals surface area contributed by atoms with E-state index in [0.717, 1.165) is 35.3 Å². The highest BCUT2D eigenvalue weighted by atomic mass is 79.9. The normalized spacial score (nSPS) is 21.3. The molecule has 0 spiro atoms. The topological polar surface area (TPSA) is 29.0 Å². The molecule has 0 radical (unpaired) electrons. The molecule has 1 saturated heterocycles. The maximum atomic E-state index is 4.78. The fourth-order valence-corrected chi connectivity index (χ4v) is 2.77. The van der Waals surface area contributed by atoms with Gasteiger partial charge in [-0.05, 0) is 41.1 Å². The summed E-state index contributed by atoms with van der Waals surface area (Å²) < 4.78 is 0.889. The first kappa shape index (κ1) is 14.8. The molecule has 1 aromatic rings. The summed E-state index contributed by atoms with van der Waals surface area (Å²) in [5.74, 6) is 2.81. The summed E-state index contributed by atoms with van der Waals surface area (Å²) in [6, 6.07) is 2.05. The number of halogens is 1. The van der Waals surface area contributed by atoms with Crippen LogP contribution in [0.3, 0.4) is 0 Å². The van der Waals surface area contributed by atoms with Gasteiger partial charge in [0, 0.05) is 24.6 Å². The van der Waals surface area contributed by atoms with Crippen molar-refractivity contribution in [3.63, 3.8) is 0 Å². The van der Waals surface area contributed by atoms with Crippen molar-refractivity contribution in [1.82, 2.24) is 9.97 Å². The van der Waals surface area contributed by atoms with Crippen LogP contribution < -0.4 is 4.90 Å². The number of hydrogen-bond acceptors (Lipinski definition) is 3. The van der Waals surface area contributed by atoms with Crippen LogP contribution in [0.1, 0.15) is 52.8 Å². The van der Waals surface area contributed by atoms with Crippen LogP contribution in [0.25, 0.3) is 0 Å². The van der Waals surface area contributed by atoms with Gasteiger partial charge in [-0.15, -0.1) is 0 Å². The third kappa shape index (κ3) is 3.91.